The van der Waals surface area contributed by atoms with Gasteiger partial charge in [-0.1, -0.05) is 25.3 Å². The zero-order valence-corrected chi connectivity index (χ0v) is 16.5. The fourth-order valence-corrected chi connectivity index (χ4v) is 6.73. The van der Waals surface area contributed by atoms with Gasteiger partial charge in [0.05, 0.1) is 11.2 Å². The highest BCUT2D eigenvalue weighted by Gasteiger charge is 2.55. The molecule has 7 heteroatoms. The predicted octanol–water partition coefficient (Wildman–Crippen LogP) is 3.45. The summed E-state index contributed by atoms with van der Waals surface area (Å²) in [6.45, 7) is 2.34. The molecule has 0 radical (unpaired) electrons. The van der Waals surface area contributed by atoms with Crippen LogP contribution < -0.4 is 5.32 Å². The van der Waals surface area contributed by atoms with Crippen molar-refractivity contribution in [2.24, 2.45) is 11.3 Å². The third kappa shape index (κ3) is 3.40. The Balaban J connectivity index is 1.60. The Hall–Kier alpha value is -1.47. The largest absolute Gasteiger partial charge is 0.325 e. The molecule has 5 nitrogen and oxygen atoms in total. The van der Waals surface area contributed by atoms with E-state index in [2.05, 4.69) is 5.32 Å². The molecule has 0 bridgehead atoms. The fraction of sp³-hybridized carbons (Fsp3) is 0.650. The molecular formula is C20H27FN2O3S. The van der Waals surface area contributed by atoms with E-state index in [1.54, 1.807) is 23.4 Å². The van der Waals surface area contributed by atoms with Gasteiger partial charge in [0.1, 0.15) is 5.82 Å². The normalized spacial score (nSPS) is 25.6. The molecule has 1 atom stereocenters. The Morgan fingerprint density at radius 2 is 1.93 bits per heavy atom. The minimum Gasteiger partial charge on any atom is -0.325 e. The van der Waals surface area contributed by atoms with Gasteiger partial charge in [-0.2, -0.15) is 0 Å². The van der Waals surface area contributed by atoms with Gasteiger partial charge < -0.3 is 5.32 Å². The summed E-state index contributed by atoms with van der Waals surface area (Å²) in [6, 6.07) is 4.64. The molecule has 1 aliphatic heterocycles. The lowest BCUT2D eigenvalue weighted by molar-refractivity contribution is -0.123. The van der Waals surface area contributed by atoms with Gasteiger partial charge in [0.2, 0.25) is 15.9 Å². The van der Waals surface area contributed by atoms with Crippen LogP contribution in [-0.2, 0) is 14.8 Å². The molecule has 1 aromatic rings. The van der Waals surface area contributed by atoms with E-state index in [0.29, 0.717) is 17.8 Å². The molecule has 1 saturated heterocycles. The molecule has 1 spiro atoms. The minimum atomic E-state index is -3.30. The number of nitrogens with zero attached hydrogens (tertiary/aromatic N) is 1. The first-order valence-corrected chi connectivity index (χ1v) is 11.4. The van der Waals surface area contributed by atoms with Gasteiger partial charge in [0.25, 0.3) is 0 Å². The van der Waals surface area contributed by atoms with Gasteiger partial charge in [-0.05, 0) is 50.2 Å². The topological polar surface area (TPSA) is 66.5 Å². The monoisotopic (exact) mass is 394 g/mol. The Bertz CT molecular complexity index is 845. The Morgan fingerprint density at radius 1 is 1.22 bits per heavy atom. The highest BCUT2D eigenvalue weighted by atomic mass is 32.2. The van der Waals surface area contributed by atoms with Crippen molar-refractivity contribution in [1.82, 2.24) is 4.31 Å². The maximum absolute atomic E-state index is 13.8. The van der Waals surface area contributed by atoms with Crippen molar-refractivity contribution >= 4 is 21.6 Å². The molecule has 4 rings (SSSR count). The zero-order chi connectivity index (χ0) is 19.2. The van der Waals surface area contributed by atoms with Crippen molar-refractivity contribution in [3.05, 3.63) is 29.6 Å². The van der Waals surface area contributed by atoms with Gasteiger partial charge >= 0.3 is 0 Å². The number of rotatable bonds is 4. The van der Waals surface area contributed by atoms with Crippen molar-refractivity contribution < 1.29 is 17.6 Å². The quantitative estimate of drug-likeness (QED) is 0.851. The van der Waals surface area contributed by atoms with Gasteiger partial charge in [-0.25, -0.2) is 17.1 Å². The molecule has 2 aliphatic carbocycles. The number of carbonyl (C=O) groups is 1. The van der Waals surface area contributed by atoms with Crippen LogP contribution in [0.25, 0.3) is 0 Å². The summed E-state index contributed by atoms with van der Waals surface area (Å²) in [6.07, 6.45) is 6.40. The number of halogens is 1. The minimum absolute atomic E-state index is 0.181. The smallest absolute Gasteiger partial charge is 0.229 e. The number of nitrogens with one attached hydrogen (secondary N) is 1. The zero-order valence-electron chi connectivity index (χ0n) is 15.7. The van der Waals surface area contributed by atoms with Crippen LogP contribution in [0.4, 0.5) is 10.1 Å². The molecular weight excluding hydrogens is 367 g/mol. The standard InChI is InChI=1S/C20H27FN2O3S/c1-14-17(21)6-5-7-18(14)22-19(24)16-12-23(27(25,26)15-8-9-15)13-20(16)10-3-2-4-11-20/h5-7,15-16H,2-4,8-13H2,1H3,(H,22,24). The summed E-state index contributed by atoms with van der Waals surface area (Å²) in [7, 11) is -3.30. The number of benzene rings is 1. The Kier molecular flexibility index (Phi) is 4.79. The van der Waals surface area contributed by atoms with Crippen LogP contribution >= 0.6 is 0 Å². The average Bonchev–Trinajstić information content (AvgIpc) is 3.43. The van der Waals surface area contributed by atoms with Crippen LogP contribution in [0, 0.1) is 24.1 Å². The lowest BCUT2D eigenvalue weighted by Gasteiger charge is -2.37. The van der Waals surface area contributed by atoms with Crippen molar-refractivity contribution in [1.29, 1.82) is 0 Å². The molecule has 1 aromatic carbocycles. The molecule has 1 amide bonds. The van der Waals surface area contributed by atoms with Gasteiger partial charge in [-0.15, -0.1) is 0 Å². The van der Waals surface area contributed by atoms with Gasteiger partial charge in [-0.3, -0.25) is 4.79 Å². The third-order valence-electron chi connectivity index (χ3n) is 6.61. The van der Waals surface area contributed by atoms with Crippen LogP contribution in [-0.4, -0.2) is 37.0 Å². The summed E-state index contributed by atoms with van der Waals surface area (Å²) in [5.41, 5.74) is 0.587. The van der Waals surface area contributed by atoms with E-state index in [1.807, 2.05) is 0 Å². The molecule has 0 aromatic heterocycles. The molecule has 1 unspecified atom stereocenters. The second-order valence-electron chi connectivity index (χ2n) is 8.41. The van der Waals surface area contributed by atoms with Crippen molar-refractivity contribution in [2.75, 3.05) is 18.4 Å². The molecule has 2 saturated carbocycles. The number of anilines is 1. The highest BCUT2D eigenvalue weighted by Crippen LogP contribution is 2.50. The molecule has 3 fully saturated rings. The summed E-state index contributed by atoms with van der Waals surface area (Å²) in [5.74, 6) is -0.919. The first kappa shape index (κ1) is 18.9. The SMILES string of the molecule is Cc1c(F)cccc1NC(=O)C1CN(S(=O)(=O)C2CC2)CC12CCCCC2. The summed E-state index contributed by atoms with van der Waals surface area (Å²) >= 11 is 0. The van der Waals surface area contributed by atoms with Crippen molar-refractivity contribution in [3.8, 4) is 0 Å². The van der Waals surface area contributed by atoms with Crippen LogP contribution in [0.2, 0.25) is 0 Å². The number of sulfonamides is 1. The predicted molar refractivity (Wildman–Crippen MR) is 102 cm³/mol. The number of amides is 1. The van der Waals surface area contributed by atoms with Crippen LogP contribution in [0.3, 0.4) is 0 Å². The number of carbonyl (C=O) groups excluding carboxylic acids is 1. The number of hydrogen-bond acceptors (Lipinski definition) is 3. The van der Waals surface area contributed by atoms with E-state index in [9.17, 15) is 17.6 Å². The maximum Gasteiger partial charge on any atom is 0.229 e. The first-order chi connectivity index (χ1) is 12.8. The molecule has 1 heterocycles. The van der Waals surface area contributed by atoms with Crippen LogP contribution in [0.1, 0.15) is 50.5 Å². The van der Waals surface area contributed by atoms with Crippen molar-refractivity contribution in [2.45, 2.75) is 57.1 Å². The van der Waals surface area contributed by atoms with E-state index in [0.717, 1.165) is 44.9 Å². The summed E-state index contributed by atoms with van der Waals surface area (Å²) in [5, 5.41) is 2.62. The molecule has 1 N–H and O–H groups in total. The van der Waals surface area contributed by atoms with Crippen molar-refractivity contribution in [3.63, 3.8) is 0 Å². The van der Waals surface area contributed by atoms with Crippen LogP contribution in [0.15, 0.2) is 18.2 Å². The molecule has 27 heavy (non-hydrogen) atoms. The molecule has 3 aliphatic rings. The maximum atomic E-state index is 13.8. The first-order valence-electron chi connectivity index (χ1n) is 9.88. The van der Waals surface area contributed by atoms with E-state index < -0.39 is 10.0 Å². The molecule has 148 valence electrons. The van der Waals surface area contributed by atoms with E-state index in [4.69, 9.17) is 0 Å². The average molecular weight is 395 g/mol. The van der Waals surface area contributed by atoms with E-state index in [-0.39, 0.29) is 34.9 Å². The second kappa shape index (κ2) is 6.85. The Labute approximate surface area is 160 Å². The lowest BCUT2D eigenvalue weighted by Crippen LogP contribution is -2.39. The fourth-order valence-electron chi connectivity index (χ4n) is 4.78. The summed E-state index contributed by atoms with van der Waals surface area (Å²) in [4.78, 5) is 13.2. The van der Waals surface area contributed by atoms with Crippen LogP contribution in [0.5, 0.6) is 0 Å². The van der Waals surface area contributed by atoms with E-state index >= 15 is 0 Å². The second-order valence-corrected chi connectivity index (χ2v) is 10.6. The van der Waals surface area contributed by atoms with Gasteiger partial charge in [0, 0.05) is 24.3 Å². The Morgan fingerprint density at radius 3 is 2.59 bits per heavy atom. The highest BCUT2D eigenvalue weighted by molar-refractivity contribution is 7.90. The number of hydrogen-bond donors (Lipinski definition) is 1. The van der Waals surface area contributed by atoms with E-state index in [1.165, 1.54) is 6.07 Å². The summed E-state index contributed by atoms with van der Waals surface area (Å²) < 4.78 is 41.0. The third-order valence-corrected chi connectivity index (χ3v) is 8.93. The van der Waals surface area contributed by atoms with Gasteiger partial charge in [0.15, 0.2) is 0 Å². The lowest BCUT2D eigenvalue weighted by atomic mass is 9.67.